The fourth-order valence-electron chi connectivity index (χ4n) is 1.41. The second kappa shape index (κ2) is 6.02. The molecule has 0 bridgehead atoms. The van der Waals surface area contributed by atoms with Crippen molar-refractivity contribution in [3.8, 4) is 11.6 Å². The summed E-state index contributed by atoms with van der Waals surface area (Å²) in [7, 11) is 0. The monoisotopic (exact) mass is 262 g/mol. The van der Waals surface area contributed by atoms with Gasteiger partial charge < -0.3 is 9.94 Å². The SMILES string of the molecule is O/N=C(\Cl)Cc1ccc(Oc2ccccn2)cc1. The highest BCUT2D eigenvalue weighted by Gasteiger charge is 2.01. The molecule has 0 saturated heterocycles. The zero-order valence-electron chi connectivity index (χ0n) is 9.45. The number of hydrogen-bond acceptors (Lipinski definition) is 4. The van der Waals surface area contributed by atoms with E-state index >= 15 is 0 Å². The fourth-order valence-corrected chi connectivity index (χ4v) is 1.56. The Morgan fingerprint density at radius 2 is 2.00 bits per heavy atom. The standard InChI is InChI=1S/C13H11ClN2O2/c14-12(16-17)9-10-4-6-11(7-5-10)18-13-3-1-2-8-15-13/h1-8,17H,9H2/b16-12-. The summed E-state index contributed by atoms with van der Waals surface area (Å²) in [5.74, 6) is 1.23. The summed E-state index contributed by atoms with van der Waals surface area (Å²) in [4.78, 5) is 4.06. The summed E-state index contributed by atoms with van der Waals surface area (Å²) in [6.07, 6.45) is 2.06. The number of pyridine rings is 1. The van der Waals surface area contributed by atoms with Crippen molar-refractivity contribution in [2.45, 2.75) is 6.42 Å². The Labute approximate surface area is 109 Å². The Morgan fingerprint density at radius 1 is 1.22 bits per heavy atom. The zero-order valence-corrected chi connectivity index (χ0v) is 10.2. The number of rotatable bonds is 4. The Morgan fingerprint density at radius 3 is 2.61 bits per heavy atom. The van der Waals surface area contributed by atoms with Crippen LogP contribution in [0.15, 0.2) is 53.8 Å². The molecule has 0 aliphatic carbocycles. The van der Waals surface area contributed by atoms with Crippen LogP contribution in [0.4, 0.5) is 0 Å². The number of ether oxygens (including phenoxy) is 1. The van der Waals surface area contributed by atoms with E-state index in [1.807, 2.05) is 36.4 Å². The molecule has 0 radical (unpaired) electrons. The van der Waals surface area contributed by atoms with Crippen molar-refractivity contribution in [2.24, 2.45) is 5.16 Å². The van der Waals surface area contributed by atoms with Crippen molar-refractivity contribution in [3.05, 3.63) is 54.2 Å². The highest BCUT2D eigenvalue weighted by Crippen LogP contribution is 2.19. The fraction of sp³-hybridized carbons (Fsp3) is 0.0769. The normalized spacial score (nSPS) is 11.3. The van der Waals surface area contributed by atoms with Crippen LogP contribution in [0.3, 0.4) is 0 Å². The minimum atomic E-state index is 0.147. The van der Waals surface area contributed by atoms with Gasteiger partial charge in [0, 0.05) is 18.7 Å². The summed E-state index contributed by atoms with van der Waals surface area (Å²) < 4.78 is 5.54. The number of oxime groups is 1. The maximum Gasteiger partial charge on any atom is 0.219 e. The number of aromatic nitrogens is 1. The van der Waals surface area contributed by atoms with Gasteiger partial charge in [-0.3, -0.25) is 0 Å². The molecule has 0 atom stereocenters. The lowest BCUT2D eigenvalue weighted by Crippen LogP contribution is -1.94. The van der Waals surface area contributed by atoms with Crippen molar-refractivity contribution in [2.75, 3.05) is 0 Å². The van der Waals surface area contributed by atoms with Crippen LogP contribution in [0.5, 0.6) is 11.6 Å². The van der Waals surface area contributed by atoms with Gasteiger partial charge in [0.05, 0.1) is 0 Å². The lowest BCUT2D eigenvalue weighted by Gasteiger charge is -2.05. The van der Waals surface area contributed by atoms with Gasteiger partial charge >= 0.3 is 0 Å². The van der Waals surface area contributed by atoms with E-state index in [-0.39, 0.29) is 5.17 Å². The average molecular weight is 263 g/mol. The first kappa shape index (κ1) is 12.4. The number of hydrogen-bond donors (Lipinski definition) is 1. The summed E-state index contributed by atoms with van der Waals surface area (Å²) in [5.41, 5.74) is 0.936. The molecule has 0 spiro atoms. The first-order valence-electron chi connectivity index (χ1n) is 5.32. The topological polar surface area (TPSA) is 54.7 Å². The van der Waals surface area contributed by atoms with E-state index in [1.54, 1.807) is 12.3 Å². The second-order valence-corrected chi connectivity index (χ2v) is 4.00. The van der Waals surface area contributed by atoms with Gasteiger partial charge in [-0.05, 0) is 23.8 Å². The van der Waals surface area contributed by atoms with Crippen molar-refractivity contribution in [3.63, 3.8) is 0 Å². The summed E-state index contributed by atoms with van der Waals surface area (Å²) in [6, 6.07) is 12.8. The van der Waals surface area contributed by atoms with Crippen LogP contribution >= 0.6 is 11.6 Å². The molecule has 0 unspecified atom stereocenters. The average Bonchev–Trinajstić information content (AvgIpc) is 2.42. The highest BCUT2D eigenvalue weighted by atomic mass is 35.5. The Bertz CT molecular complexity index is 526. The van der Waals surface area contributed by atoms with Crippen molar-refractivity contribution < 1.29 is 9.94 Å². The van der Waals surface area contributed by atoms with Crippen LogP contribution in [0.1, 0.15) is 5.56 Å². The molecular formula is C13H11ClN2O2. The van der Waals surface area contributed by atoms with E-state index in [4.69, 9.17) is 21.5 Å². The molecule has 0 amide bonds. The maximum atomic E-state index is 8.47. The molecular weight excluding hydrogens is 252 g/mol. The van der Waals surface area contributed by atoms with E-state index in [0.29, 0.717) is 18.1 Å². The highest BCUT2D eigenvalue weighted by molar-refractivity contribution is 6.65. The minimum absolute atomic E-state index is 0.147. The van der Waals surface area contributed by atoms with Gasteiger partial charge in [-0.2, -0.15) is 0 Å². The summed E-state index contributed by atoms with van der Waals surface area (Å²) in [6.45, 7) is 0. The lowest BCUT2D eigenvalue weighted by atomic mass is 10.1. The van der Waals surface area contributed by atoms with Crippen molar-refractivity contribution >= 4 is 16.8 Å². The zero-order chi connectivity index (χ0) is 12.8. The van der Waals surface area contributed by atoms with Crippen LogP contribution in [0.2, 0.25) is 0 Å². The number of halogens is 1. The molecule has 1 N–H and O–H groups in total. The molecule has 1 aromatic carbocycles. The third-order valence-electron chi connectivity index (χ3n) is 2.24. The van der Waals surface area contributed by atoms with Crippen LogP contribution in [-0.4, -0.2) is 15.4 Å². The van der Waals surface area contributed by atoms with Crippen LogP contribution < -0.4 is 4.74 Å². The molecule has 92 valence electrons. The van der Waals surface area contributed by atoms with Gasteiger partial charge in [-0.25, -0.2) is 4.98 Å². The van der Waals surface area contributed by atoms with Gasteiger partial charge in [0.25, 0.3) is 0 Å². The van der Waals surface area contributed by atoms with Gasteiger partial charge in [-0.1, -0.05) is 35.0 Å². The van der Waals surface area contributed by atoms with E-state index in [1.165, 1.54) is 0 Å². The molecule has 0 saturated carbocycles. The van der Waals surface area contributed by atoms with Crippen LogP contribution in [0, 0.1) is 0 Å². The first-order chi connectivity index (χ1) is 8.78. The first-order valence-corrected chi connectivity index (χ1v) is 5.70. The molecule has 1 heterocycles. The molecule has 5 heteroatoms. The van der Waals surface area contributed by atoms with E-state index < -0.39 is 0 Å². The molecule has 2 rings (SSSR count). The Hall–Kier alpha value is -2.07. The van der Waals surface area contributed by atoms with E-state index in [2.05, 4.69) is 10.1 Å². The predicted octanol–water partition coefficient (Wildman–Crippen LogP) is 3.44. The smallest absolute Gasteiger partial charge is 0.219 e. The van der Waals surface area contributed by atoms with E-state index in [9.17, 15) is 0 Å². The Kier molecular flexibility index (Phi) is 4.15. The van der Waals surface area contributed by atoms with Crippen molar-refractivity contribution in [1.29, 1.82) is 0 Å². The van der Waals surface area contributed by atoms with Gasteiger partial charge in [-0.15, -0.1) is 0 Å². The Balaban J connectivity index is 2.04. The van der Waals surface area contributed by atoms with Gasteiger partial charge in [0.15, 0.2) is 0 Å². The maximum absolute atomic E-state index is 8.47. The summed E-state index contributed by atoms with van der Waals surface area (Å²) in [5, 5.41) is 11.5. The molecule has 0 aliphatic heterocycles. The number of nitrogens with zero attached hydrogens (tertiary/aromatic N) is 2. The second-order valence-electron chi connectivity index (χ2n) is 3.57. The largest absolute Gasteiger partial charge is 0.439 e. The van der Waals surface area contributed by atoms with Crippen LogP contribution in [0.25, 0.3) is 0 Å². The molecule has 4 nitrogen and oxygen atoms in total. The molecule has 0 fully saturated rings. The van der Waals surface area contributed by atoms with Gasteiger partial charge in [0.1, 0.15) is 10.9 Å². The summed E-state index contributed by atoms with van der Waals surface area (Å²) >= 11 is 5.63. The molecule has 0 aliphatic rings. The van der Waals surface area contributed by atoms with Crippen LogP contribution in [-0.2, 0) is 6.42 Å². The third kappa shape index (κ3) is 3.46. The van der Waals surface area contributed by atoms with Crippen molar-refractivity contribution in [1.82, 2.24) is 4.98 Å². The number of benzene rings is 1. The quantitative estimate of drug-likeness (QED) is 0.522. The van der Waals surface area contributed by atoms with Gasteiger partial charge in [0.2, 0.25) is 5.88 Å². The molecule has 2 aromatic rings. The third-order valence-corrected chi connectivity index (χ3v) is 2.45. The predicted molar refractivity (Wildman–Crippen MR) is 69.5 cm³/mol. The van der Waals surface area contributed by atoms with E-state index in [0.717, 1.165) is 5.56 Å². The molecule has 1 aromatic heterocycles. The molecule has 18 heavy (non-hydrogen) atoms. The minimum Gasteiger partial charge on any atom is -0.439 e. The lowest BCUT2D eigenvalue weighted by molar-refractivity contribution is 0.319.